The number of hydrogen-bond acceptors (Lipinski definition) is 8. The fraction of sp³-hybridized carbons (Fsp3) is 0.316. The van der Waals surface area contributed by atoms with Crippen LogP contribution in [0.3, 0.4) is 0 Å². The fourth-order valence-electron chi connectivity index (χ4n) is 6.74. The minimum absolute atomic E-state index is 0.0679. The molecule has 262 valence electrons. The average Bonchev–Trinajstić information content (AvgIpc) is 3.76. The molecule has 0 radical (unpaired) electrons. The summed E-state index contributed by atoms with van der Waals surface area (Å²) in [6.07, 6.45) is 1.37. The van der Waals surface area contributed by atoms with Crippen LogP contribution in [0.15, 0.2) is 84.9 Å². The molecule has 2 unspecified atom stereocenters. The van der Waals surface area contributed by atoms with Crippen LogP contribution >= 0.6 is 0 Å². The van der Waals surface area contributed by atoms with Crippen LogP contribution < -0.4 is 0 Å². The van der Waals surface area contributed by atoms with Gasteiger partial charge in [0.1, 0.15) is 23.3 Å². The van der Waals surface area contributed by atoms with Crippen molar-refractivity contribution in [3.63, 3.8) is 0 Å². The molecular formula is C38H36F4N2O6. The molecule has 2 aliphatic heterocycles. The van der Waals surface area contributed by atoms with Gasteiger partial charge in [-0.2, -0.15) is 0 Å². The summed E-state index contributed by atoms with van der Waals surface area (Å²) >= 11 is 0. The van der Waals surface area contributed by atoms with Crippen LogP contribution in [-0.2, 0) is 30.5 Å². The molecule has 0 aromatic heterocycles. The van der Waals surface area contributed by atoms with E-state index in [9.17, 15) is 37.4 Å². The zero-order valence-electron chi connectivity index (χ0n) is 27.4. The second-order valence-electron chi connectivity index (χ2n) is 12.8. The Labute approximate surface area is 286 Å². The highest BCUT2D eigenvalue weighted by atomic mass is 19.1. The van der Waals surface area contributed by atoms with Crippen molar-refractivity contribution in [3.8, 4) is 0 Å². The Kier molecular flexibility index (Phi) is 9.82. The van der Waals surface area contributed by atoms with Crippen LogP contribution in [0.4, 0.5) is 17.6 Å². The van der Waals surface area contributed by atoms with Crippen LogP contribution in [0.2, 0.25) is 0 Å². The van der Waals surface area contributed by atoms with Crippen molar-refractivity contribution in [2.75, 3.05) is 13.1 Å². The number of hydrogen-bond donors (Lipinski definition) is 2. The molecule has 2 fully saturated rings. The molecule has 0 spiro atoms. The maximum Gasteiger partial charge on any atom is 0.365 e. The van der Waals surface area contributed by atoms with Crippen LogP contribution in [-0.4, -0.2) is 45.4 Å². The topological polar surface area (TPSA) is 99.5 Å². The fourth-order valence-corrected chi connectivity index (χ4v) is 6.74. The number of aliphatic hydroxyl groups is 2. The number of carbonyl (C=O) groups is 2. The van der Waals surface area contributed by atoms with Gasteiger partial charge in [0.25, 0.3) is 0 Å². The summed E-state index contributed by atoms with van der Waals surface area (Å²) in [6, 6.07) is 15.5. The van der Waals surface area contributed by atoms with Crippen LogP contribution in [0, 0.1) is 37.1 Å². The summed E-state index contributed by atoms with van der Waals surface area (Å²) in [4.78, 5) is 40.4. The van der Waals surface area contributed by atoms with Gasteiger partial charge in [-0.3, -0.25) is 0 Å². The second kappa shape index (κ2) is 13.9. The summed E-state index contributed by atoms with van der Waals surface area (Å²) in [7, 11) is 0. The van der Waals surface area contributed by atoms with Gasteiger partial charge in [0.15, 0.2) is 0 Å². The Morgan fingerprint density at radius 2 is 0.980 bits per heavy atom. The third-order valence-electron chi connectivity index (χ3n) is 9.49. The highest BCUT2D eigenvalue weighted by Crippen LogP contribution is 2.46. The van der Waals surface area contributed by atoms with E-state index in [1.165, 1.54) is 24.3 Å². The summed E-state index contributed by atoms with van der Waals surface area (Å²) in [5.41, 5.74) is -5.60. The Bertz CT molecular complexity index is 1750. The van der Waals surface area contributed by atoms with Crippen molar-refractivity contribution >= 4 is 11.9 Å². The van der Waals surface area contributed by atoms with Crippen LogP contribution in [0.1, 0.15) is 71.1 Å². The molecule has 2 N–H and O–H groups in total. The molecule has 50 heavy (non-hydrogen) atoms. The second-order valence-corrected chi connectivity index (χ2v) is 12.8. The number of aryl methyl sites for hydroxylation is 2. The molecule has 2 aliphatic rings. The predicted molar refractivity (Wildman–Crippen MR) is 172 cm³/mol. The van der Waals surface area contributed by atoms with E-state index in [-0.39, 0.29) is 48.2 Å². The molecule has 2 heterocycles. The first-order chi connectivity index (χ1) is 23.8. The third kappa shape index (κ3) is 6.39. The van der Waals surface area contributed by atoms with Crippen molar-refractivity contribution in [1.29, 1.82) is 0 Å². The van der Waals surface area contributed by atoms with E-state index >= 15 is 0 Å². The van der Waals surface area contributed by atoms with E-state index in [1.54, 1.807) is 38.1 Å². The van der Waals surface area contributed by atoms with Crippen molar-refractivity contribution < 1.29 is 47.0 Å². The number of benzene rings is 4. The summed E-state index contributed by atoms with van der Waals surface area (Å²) < 4.78 is 58.1. The smallest absolute Gasteiger partial charge is 0.365 e. The molecule has 4 atom stereocenters. The first kappa shape index (κ1) is 35.2. The largest absolute Gasteiger partial charge is 0.371 e. The zero-order chi connectivity index (χ0) is 35.8. The highest BCUT2D eigenvalue weighted by Gasteiger charge is 2.65. The van der Waals surface area contributed by atoms with Gasteiger partial charge in [-0.05, 0) is 87.1 Å². The van der Waals surface area contributed by atoms with E-state index in [4.69, 9.17) is 9.68 Å². The van der Waals surface area contributed by atoms with Crippen LogP contribution in [0.25, 0.3) is 0 Å². The molecule has 2 saturated heterocycles. The summed E-state index contributed by atoms with van der Waals surface area (Å²) in [5, 5.41) is 27.6. The molecule has 4 aromatic rings. The maximum atomic E-state index is 14.9. The summed E-state index contributed by atoms with van der Waals surface area (Å²) in [5.74, 6) is -5.87. The lowest BCUT2D eigenvalue weighted by molar-refractivity contribution is -0.261. The monoisotopic (exact) mass is 692 g/mol. The minimum Gasteiger partial charge on any atom is -0.371 e. The Morgan fingerprint density at radius 1 is 0.620 bits per heavy atom. The number of nitrogens with zero attached hydrogens (tertiary/aromatic N) is 2. The Morgan fingerprint density at radius 3 is 1.34 bits per heavy atom. The molecule has 6 rings (SSSR count). The van der Waals surface area contributed by atoms with Gasteiger partial charge in [0.05, 0.1) is 12.1 Å². The zero-order valence-corrected chi connectivity index (χ0v) is 27.4. The third-order valence-corrected chi connectivity index (χ3v) is 9.49. The van der Waals surface area contributed by atoms with Crippen molar-refractivity contribution in [3.05, 3.63) is 142 Å². The van der Waals surface area contributed by atoms with Gasteiger partial charge in [0.2, 0.25) is 11.2 Å². The van der Waals surface area contributed by atoms with Gasteiger partial charge in [-0.1, -0.05) is 59.7 Å². The normalized spacial score (nSPS) is 20.6. The van der Waals surface area contributed by atoms with Crippen molar-refractivity contribution in [1.82, 2.24) is 10.1 Å². The molecule has 4 aromatic carbocycles. The maximum absolute atomic E-state index is 14.9. The molecule has 12 heteroatoms. The van der Waals surface area contributed by atoms with E-state index in [1.807, 2.05) is 0 Å². The predicted octanol–water partition coefficient (Wildman–Crippen LogP) is 6.53. The first-order valence-corrected chi connectivity index (χ1v) is 16.3. The van der Waals surface area contributed by atoms with Crippen molar-refractivity contribution in [2.45, 2.75) is 62.8 Å². The number of halogens is 4. The summed E-state index contributed by atoms with van der Waals surface area (Å²) in [6.45, 7) is 3.64. The van der Waals surface area contributed by atoms with Gasteiger partial charge >= 0.3 is 11.9 Å². The van der Waals surface area contributed by atoms with E-state index < -0.39 is 58.5 Å². The van der Waals surface area contributed by atoms with Gasteiger partial charge in [-0.15, -0.1) is 10.1 Å². The number of carbonyl (C=O) groups excluding carboxylic acids is 2. The average molecular weight is 693 g/mol. The SMILES string of the molecule is Cc1ccc(C(O)(C(=O)ON2CCC[C@@H]2c2cc(F)ccc2F)C(O)(C(=O)ON2CCC[C@@H]2c2cc(F)ccc2F)c2ccc(C)cc2)cc1. The van der Waals surface area contributed by atoms with Crippen molar-refractivity contribution in [2.24, 2.45) is 0 Å². The van der Waals surface area contributed by atoms with E-state index in [0.717, 1.165) is 57.7 Å². The van der Waals surface area contributed by atoms with Crippen LogP contribution in [0.5, 0.6) is 0 Å². The molecular weight excluding hydrogens is 656 g/mol. The standard InChI is InChI=1S/C38H36F4N2O6/c1-23-7-11-25(12-8-23)37(47,35(45)49-43-19-3-5-33(43)29-21-27(39)15-17-31(29)41)38(48,26-13-9-24(2)10-14-26)36(46)50-44-20-4-6-34(44)30-22-28(40)16-18-32(30)42/h7-18,21-22,33-34,47-48H,3-6,19-20H2,1-2H3/t33-,34-,37?,38?/m1/s1. The van der Waals surface area contributed by atoms with E-state index in [2.05, 4.69) is 0 Å². The molecule has 8 nitrogen and oxygen atoms in total. The lowest BCUT2D eigenvalue weighted by Crippen LogP contribution is -2.61. The van der Waals surface area contributed by atoms with Gasteiger partial charge in [-0.25, -0.2) is 27.2 Å². The molecule has 0 amide bonds. The highest BCUT2D eigenvalue weighted by molar-refractivity contribution is 5.94. The lowest BCUT2D eigenvalue weighted by atomic mass is 9.73. The molecule has 0 aliphatic carbocycles. The number of rotatable bonds is 9. The molecule has 0 bridgehead atoms. The molecule has 0 saturated carbocycles. The van der Waals surface area contributed by atoms with E-state index in [0.29, 0.717) is 12.8 Å². The lowest BCUT2D eigenvalue weighted by Gasteiger charge is -2.41. The Balaban J connectivity index is 1.44. The van der Waals surface area contributed by atoms with Gasteiger partial charge < -0.3 is 19.9 Å². The Hall–Kier alpha value is -4.62. The number of hydroxylamine groups is 4. The minimum atomic E-state index is -3.21. The van der Waals surface area contributed by atoms with Gasteiger partial charge in [0, 0.05) is 24.2 Å². The quantitative estimate of drug-likeness (QED) is 0.191. The first-order valence-electron chi connectivity index (χ1n) is 16.3.